The summed E-state index contributed by atoms with van der Waals surface area (Å²) in [6, 6.07) is 8.25. The zero-order chi connectivity index (χ0) is 20.9. The summed E-state index contributed by atoms with van der Waals surface area (Å²) in [7, 11) is 2.06. The first-order valence-corrected chi connectivity index (χ1v) is 9.96. The highest BCUT2D eigenvalue weighted by Gasteiger charge is 2.27. The number of rotatable bonds is 3. The fourth-order valence-corrected chi connectivity index (χ4v) is 4.52. The van der Waals surface area contributed by atoms with E-state index in [1.54, 1.807) is 49.7 Å². The first-order valence-electron chi connectivity index (χ1n) is 8.85. The highest BCUT2D eigenvalue weighted by atomic mass is 32.2. The quantitative estimate of drug-likeness (QED) is 0.651. The van der Waals surface area contributed by atoms with E-state index in [1.165, 1.54) is 10.6 Å². The molecule has 0 radical (unpaired) electrons. The van der Waals surface area contributed by atoms with Crippen molar-refractivity contribution in [1.29, 1.82) is 0 Å². The molecule has 0 spiro atoms. The molecule has 0 aliphatic carbocycles. The van der Waals surface area contributed by atoms with Gasteiger partial charge < -0.3 is 9.30 Å². The molecule has 150 valence electrons. The maximum atomic E-state index is 14.2. The third kappa shape index (κ3) is 3.49. The molecule has 0 fully saturated rings. The average molecular weight is 416 g/mol. The topological polar surface area (TPSA) is 51.5 Å². The van der Waals surface area contributed by atoms with Gasteiger partial charge in [-0.1, -0.05) is 0 Å². The first-order chi connectivity index (χ1) is 13.7. The Kier molecular flexibility index (Phi) is 4.84. The molecular weight excluding hydrogens is 398 g/mol. The molecule has 1 aliphatic heterocycles. The average Bonchev–Trinajstić information content (AvgIpc) is 2.94. The Morgan fingerprint density at radius 2 is 1.83 bits per heavy atom. The van der Waals surface area contributed by atoms with Gasteiger partial charge in [-0.2, -0.15) is 0 Å². The predicted octanol–water partition coefficient (Wildman–Crippen LogP) is 3.90. The molecule has 0 amide bonds. The second-order valence-corrected chi connectivity index (χ2v) is 8.56. The van der Waals surface area contributed by atoms with Crippen LogP contribution in [0.15, 0.2) is 52.3 Å². The Hall–Kier alpha value is -2.84. The summed E-state index contributed by atoms with van der Waals surface area (Å²) in [6.45, 7) is 2.15. The summed E-state index contributed by atoms with van der Waals surface area (Å²) in [4.78, 5) is 12.7. The molecular formula is C21H18F2N2O3S. The van der Waals surface area contributed by atoms with Gasteiger partial charge in [-0.3, -0.25) is 4.79 Å². The summed E-state index contributed by atoms with van der Waals surface area (Å²) < 4.78 is 48.9. The van der Waals surface area contributed by atoms with Crippen molar-refractivity contribution >= 4 is 11.0 Å². The van der Waals surface area contributed by atoms with Crippen LogP contribution in [-0.2, 0) is 24.6 Å². The molecule has 3 aromatic rings. The van der Waals surface area contributed by atoms with E-state index in [1.807, 2.05) is 0 Å². The van der Waals surface area contributed by atoms with Gasteiger partial charge in [0, 0.05) is 49.6 Å². The van der Waals surface area contributed by atoms with Gasteiger partial charge in [0.15, 0.2) is 11.6 Å². The fraction of sp³-hybridized carbons (Fsp3) is 0.190. The van der Waals surface area contributed by atoms with Crippen LogP contribution in [0.25, 0.3) is 11.1 Å². The van der Waals surface area contributed by atoms with Crippen molar-refractivity contribution in [3.63, 3.8) is 0 Å². The van der Waals surface area contributed by atoms with Crippen LogP contribution >= 0.6 is 0 Å². The lowest BCUT2D eigenvalue weighted by Gasteiger charge is -2.15. The van der Waals surface area contributed by atoms with Crippen molar-refractivity contribution < 1.29 is 17.7 Å². The van der Waals surface area contributed by atoms with E-state index in [9.17, 15) is 17.8 Å². The monoisotopic (exact) mass is 416 g/mol. The third-order valence-corrected chi connectivity index (χ3v) is 6.27. The van der Waals surface area contributed by atoms with Crippen molar-refractivity contribution in [3.8, 4) is 22.6 Å². The van der Waals surface area contributed by atoms with Crippen LogP contribution in [-0.4, -0.2) is 20.1 Å². The number of benzene rings is 2. The zero-order valence-corrected chi connectivity index (χ0v) is 16.8. The Labute approximate surface area is 168 Å². The van der Waals surface area contributed by atoms with Crippen LogP contribution in [0, 0.1) is 18.6 Å². The lowest BCUT2D eigenvalue weighted by Crippen LogP contribution is -2.18. The molecule has 1 aliphatic rings. The smallest absolute Gasteiger partial charge is 0.253 e. The summed E-state index contributed by atoms with van der Waals surface area (Å²) in [6.07, 6.45) is 1.65. The molecule has 0 saturated heterocycles. The minimum Gasteiger partial charge on any atom is -0.454 e. The number of fused-ring (bicyclic) bond motifs is 1. The Morgan fingerprint density at radius 3 is 2.52 bits per heavy atom. The van der Waals surface area contributed by atoms with Crippen LogP contribution in [0.3, 0.4) is 0 Å². The maximum Gasteiger partial charge on any atom is 0.253 e. The van der Waals surface area contributed by atoms with E-state index in [0.717, 1.165) is 17.7 Å². The second-order valence-electron chi connectivity index (χ2n) is 7.00. The number of ether oxygens (including phenoxy) is 1. The minimum atomic E-state index is -1.32. The molecule has 0 bridgehead atoms. The number of hydrogen-bond acceptors (Lipinski definition) is 3. The summed E-state index contributed by atoms with van der Waals surface area (Å²) in [5.41, 5.74) is 2.42. The van der Waals surface area contributed by atoms with Crippen LogP contribution in [0.4, 0.5) is 8.78 Å². The van der Waals surface area contributed by atoms with Crippen LogP contribution < -0.4 is 10.3 Å². The molecule has 5 nitrogen and oxygen atoms in total. The second kappa shape index (κ2) is 7.20. The van der Waals surface area contributed by atoms with Crippen molar-refractivity contribution in [2.75, 3.05) is 7.05 Å². The van der Waals surface area contributed by atoms with Crippen LogP contribution in [0.5, 0.6) is 11.5 Å². The third-order valence-electron chi connectivity index (χ3n) is 4.81. The molecule has 1 unspecified atom stereocenters. The minimum absolute atomic E-state index is 0.124. The molecule has 1 atom stereocenters. The van der Waals surface area contributed by atoms with E-state index in [2.05, 4.69) is 0 Å². The normalized spacial score (nSPS) is 16.1. The number of nitrogens with zero attached hydrogens (tertiary/aromatic N) is 2. The number of aryl methyl sites for hydroxylation is 2. The van der Waals surface area contributed by atoms with Crippen LogP contribution in [0.2, 0.25) is 0 Å². The molecule has 1 aromatic heterocycles. The number of halogens is 2. The zero-order valence-electron chi connectivity index (χ0n) is 16.0. The fourth-order valence-electron chi connectivity index (χ4n) is 3.37. The molecule has 29 heavy (non-hydrogen) atoms. The SMILES string of the molecule is Cc1cc(-c2cc3c(cc2Oc2ccc(F)cc2F)CN(C)S3=O)cn(C)c1=O. The molecule has 0 saturated carbocycles. The lowest BCUT2D eigenvalue weighted by molar-refractivity contribution is 0.437. The van der Waals surface area contributed by atoms with Gasteiger partial charge in [-0.25, -0.2) is 17.3 Å². The molecule has 2 heterocycles. The van der Waals surface area contributed by atoms with Crippen molar-refractivity contribution in [3.05, 3.63) is 75.7 Å². The van der Waals surface area contributed by atoms with Gasteiger partial charge >= 0.3 is 0 Å². The van der Waals surface area contributed by atoms with Crippen molar-refractivity contribution in [2.24, 2.45) is 7.05 Å². The first kappa shape index (κ1) is 19.5. The van der Waals surface area contributed by atoms with E-state index in [0.29, 0.717) is 33.9 Å². The predicted molar refractivity (Wildman–Crippen MR) is 106 cm³/mol. The summed E-state index contributed by atoms with van der Waals surface area (Å²) >= 11 is 0. The van der Waals surface area contributed by atoms with Gasteiger partial charge in [0.25, 0.3) is 5.56 Å². The van der Waals surface area contributed by atoms with E-state index in [4.69, 9.17) is 4.74 Å². The summed E-state index contributed by atoms with van der Waals surface area (Å²) in [5.74, 6) is -1.32. The Bertz CT molecular complexity index is 1200. The number of aromatic nitrogens is 1. The highest BCUT2D eigenvalue weighted by Crippen LogP contribution is 2.40. The Morgan fingerprint density at radius 1 is 1.07 bits per heavy atom. The standard InChI is InChI=1S/C21H18F2N2O3S/c1-12-6-13(10-24(2)21(12)26)16-9-20-14(11-25(3)29(20)27)7-19(16)28-18-5-4-15(22)8-17(18)23/h4-10H,11H2,1-3H3. The summed E-state index contributed by atoms with van der Waals surface area (Å²) in [5, 5.41) is 0. The van der Waals surface area contributed by atoms with Crippen molar-refractivity contribution in [2.45, 2.75) is 18.4 Å². The van der Waals surface area contributed by atoms with Crippen molar-refractivity contribution in [1.82, 2.24) is 8.87 Å². The van der Waals surface area contributed by atoms with E-state index in [-0.39, 0.29) is 11.3 Å². The lowest BCUT2D eigenvalue weighted by atomic mass is 10.0. The Balaban J connectivity index is 1.91. The highest BCUT2D eigenvalue weighted by molar-refractivity contribution is 7.83. The van der Waals surface area contributed by atoms with Gasteiger partial charge in [0.05, 0.1) is 4.90 Å². The number of hydrogen-bond donors (Lipinski definition) is 0. The molecule has 0 N–H and O–H groups in total. The van der Waals surface area contributed by atoms with E-state index < -0.39 is 22.6 Å². The van der Waals surface area contributed by atoms with E-state index >= 15 is 0 Å². The molecule has 4 rings (SSSR count). The molecule has 2 aromatic carbocycles. The molecule has 8 heteroatoms. The maximum absolute atomic E-state index is 14.2. The van der Waals surface area contributed by atoms with Gasteiger partial charge in [0.2, 0.25) is 0 Å². The van der Waals surface area contributed by atoms with Gasteiger partial charge in [-0.15, -0.1) is 0 Å². The van der Waals surface area contributed by atoms with Gasteiger partial charge in [0.1, 0.15) is 22.6 Å². The largest absolute Gasteiger partial charge is 0.454 e. The van der Waals surface area contributed by atoms with Gasteiger partial charge in [-0.05, 0) is 42.8 Å². The number of pyridine rings is 1. The van der Waals surface area contributed by atoms with Crippen LogP contribution in [0.1, 0.15) is 11.1 Å².